The molecule has 0 saturated heterocycles. The lowest BCUT2D eigenvalue weighted by Gasteiger charge is -2.14. The van der Waals surface area contributed by atoms with Crippen molar-refractivity contribution < 1.29 is 9.53 Å². The second-order valence-electron chi connectivity index (χ2n) is 6.35. The van der Waals surface area contributed by atoms with Gasteiger partial charge in [0.15, 0.2) is 0 Å². The van der Waals surface area contributed by atoms with E-state index >= 15 is 0 Å². The summed E-state index contributed by atoms with van der Waals surface area (Å²) < 4.78 is 5.64. The van der Waals surface area contributed by atoms with Crippen LogP contribution < -0.4 is 0 Å². The van der Waals surface area contributed by atoms with Crippen LogP contribution in [0.5, 0.6) is 0 Å². The summed E-state index contributed by atoms with van der Waals surface area (Å²) in [4.78, 5) is 11.9. The van der Waals surface area contributed by atoms with Gasteiger partial charge in [-0.1, -0.05) is 70.1 Å². The van der Waals surface area contributed by atoms with Crippen molar-refractivity contribution in [2.24, 2.45) is 0 Å². The molecule has 0 spiro atoms. The van der Waals surface area contributed by atoms with Crippen LogP contribution in [0.1, 0.15) is 90.4 Å². The zero-order chi connectivity index (χ0) is 15.9. The van der Waals surface area contributed by atoms with E-state index in [2.05, 4.69) is 31.2 Å². The zero-order valence-corrected chi connectivity index (χ0v) is 14.4. The van der Waals surface area contributed by atoms with Gasteiger partial charge in [0.25, 0.3) is 0 Å². The van der Waals surface area contributed by atoms with Crippen molar-refractivity contribution in [2.45, 2.75) is 96.5 Å². The summed E-state index contributed by atoms with van der Waals surface area (Å²) in [5.74, 6) is -0.0257. The Morgan fingerprint density at radius 3 is 2.50 bits per heavy atom. The molecule has 1 aliphatic rings. The Bertz CT molecular complexity index is 331. The zero-order valence-electron chi connectivity index (χ0n) is 14.4. The van der Waals surface area contributed by atoms with Gasteiger partial charge in [0.1, 0.15) is 6.10 Å². The van der Waals surface area contributed by atoms with E-state index in [1.54, 1.807) is 0 Å². The highest BCUT2D eigenvalue weighted by atomic mass is 16.5. The summed E-state index contributed by atoms with van der Waals surface area (Å²) in [6, 6.07) is 0. The summed E-state index contributed by atoms with van der Waals surface area (Å²) in [5, 5.41) is 0. The standard InChI is InChI=1S/C20H34O2/c1-2-3-13-16-19-17-14-11-9-7-5-4-6-8-10-12-15-18-20(21)22-19/h9,11,14,17,19H,2-8,10,12-13,15-16,18H2,1H3/b11-9+,17-14-/t19-/m0/s1. The van der Waals surface area contributed by atoms with Crippen LogP contribution >= 0.6 is 0 Å². The predicted molar refractivity (Wildman–Crippen MR) is 93.9 cm³/mol. The van der Waals surface area contributed by atoms with E-state index in [-0.39, 0.29) is 12.1 Å². The van der Waals surface area contributed by atoms with Crippen LogP contribution in [0.2, 0.25) is 0 Å². The molecule has 0 radical (unpaired) electrons. The lowest BCUT2D eigenvalue weighted by Crippen LogP contribution is -2.16. The number of cyclic esters (lactones) is 1. The molecule has 0 unspecified atom stereocenters. The molecular formula is C20H34O2. The van der Waals surface area contributed by atoms with E-state index in [1.165, 1.54) is 44.9 Å². The molecule has 0 saturated carbocycles. The highest BCUT2D eigenvalue weighted by Crippen LogP contribution is 2.13. The molecular weight excluding hydrogens is 272 g/mol. The number of rotatable bonds is 4. The van der Waals surface area contributed by atoms with Crippen molar-refractivity contribution in [3.8, 4) is 0 Å². The van der Waals surface area contributed by atoms with Gasteiger partial charge in [0.2, 0.25) is 0 Å². The van der Waals surface area contributed by atoms with Gasteiger partial charge in [-0.05, 0) is 38.2 Å². The third-order valence-electron chi connectivity index (χ3n) is 4.20. The Morgan fingerprint density at radius 1 is 1.00 bits per heavy atom. The van der Waals surface area contributed by atoms with E-state index in [0.717, 1.165) is 32.1 Å². The topological polar surface area (TPSA) is 26.3 Å². The first-order chi connectivity index (χ1) is 10.8. The number of esters is 1. The molecule has 0 aliphatic carbocycles. The first-order valence-corrected chi connectivity index (χ1v) is 9.35. The van der Waals surface area contributed by atoms with Gasteiger partial charge < -0.3 is 4.74 Å². The van der Waals surface area contributed by atoms with E-state index < -0.39 is 0 Å². The molecule has 0 amide bonds. The van der Waals surface area contributed by atoms with Gasteiger partial charge >= 0.3 is 5.97 Å². The van der Waals surface area contributed by atoms with Crippen molar-refractivity contribution in [1.29, 1.82) is 0 Å². The van der Waals surface area contributed by atoms with Gasteiger partial charge in [0, 0.05) is 6.42 Å². The van der Waals surface area contributed by atoms with Crippen LogP contribution in [-0.4, -0.2) is 12.1 Å². The average molecular weight is 306 g/mol. The smallest absolute Gasteiger partial charge is 0.306 e. The summed E-state index contributed by atoms with van der Waals surface area (Å²) in [6.07, 6.45) is 23.2. The van der Waals surface area contributed by atoms with Crippen LogP contribution in [0.25, 0.3) is 0 Å². The molecule has 2 heteroatoms. The molecule has 1 aliphatic heterocycles. The maximum absolute atomic E-state index is 11.9. The van der Waals surface area contributed by atoms with Crippen molar-refractivity contribution >= 4 is 5.97 Å². The number of unbranched alkanes of at least 4 members (excludes halogenated alkanes) is 2. The van der Waals surface area contributed by atoms with Crippen LogP contribution in [0.15, 0.2) is 24.3 Å². The highest BCUT2D eigenvalue weighted by molar-refractivity contribution is 5.69. The van der Waals surface area contributed by atoms with Gasteiger partial charge in [-0.2, -0.15) is 0 Å². The summed E-state index contributed by atoms with van der Waals surface area (Å²) in [7, 11) is 0. The van der Waals surface area contributed by atoms with Crippen molar-refractivity contribution in [3.63, 3.8) is 0 Å². The summed E-state index contributed by atoms with van der Waals surface area (Å²) in [5.41, 5.74) is 0. The predicted octanol–water partition coefficient (Wildman–Crippen LogP) is 6.12. The SMILES string of the molecule is CCCCC[C@H]1/C=C\C=C\CCCCCCCCCC(=O)O1. The van der Waals surface area contributed by atoms with E-state index in [9.17, 15) is 4.79 Å². The molecule has 0 aromatic heterocycles. The van der Waals surface area contributed by atoms with Crippen molar-refractivity contribution in [3.05, 3.63) is 24.3 Å². The van der Waals surface area contributed by atoms with Gasteiger partial charge in [-0.3, -0.25) is 4.79 Å². The monoisotopic (exact) mass is 306 g/mol. The number of ether oxygens (including phenoxy) is 1. The van der Waals surface area contributed by atoms with Crippen molar-refractivity contribution in [2.75, 3.05) is 0 Å². The molecule has 22 heavy (non-hydrogen) atoms. The Balaban J connectivity index is 2.49. The third kappa shape index (κ3) is 10.6. The lowest BCUT2D eigenvalue weighted by molar-refractivity contribution is -0.147. The van der Waals surface area contributed by atoms with Crippen LogP contribution in [0.4, 0.5) is 0 Å². The number of hydrogen-bond acceptors (Lipinski definition) is 2. The van der Waals surface area contributed by atoms with Crippen LogP contribution in [-0.2, 0) is 9.53 Å². The largest absolute Gasteiger partial charge is 0.458 e. The average Bonchev–Trinajstić information content (AvgIpc) is 2.50. The Morgan fingerprint density at radius 2 is 1.73 bits per heavy atom. The fourth-order valence-electron chi connectivity index (χ4n) is 2.80. The summed E-state index contributed by atoms with van der Waals surface area (Å²) in [6.45, 7) is 2.20. The van der Waals surface area contributed by atoms with Gasteiger partial charge in [0.05, 0.1) is 0 Å². The molecule has 0 N–H and O–H groups in total. The Kier molecular flexibility index (Phi) is 11.7. The van der Waals surface area contributed by atoms with E-state index in [0.29, 0.717) is 6.42 Å². The molecule has 0 aromatic rings. The minimum atomic E-state index is -0.0448. The molecule has 0 aromatic carbocycles. The molecule has 1 rings (SSSR count). The minimum absolute atomic E-state index is 0.0257. The van der Waals surface area contributed by atoms with E-state index in [4.69, 9.17) is 4.74 Å². The highest BCUT2D eigenvalue weighted by Gasteiger charge is 2.11. The van der Waals surface area contributed by atoms with Gasteiger partial charge in [-0.15, -0.1) is 0 Å². The molecule has 0 fully saturated rings. The maximum Gasteiger partial charge on any atom is 0.306 e. The number of carbonyl (C=O) groups excluding carboxylic acids is 1. The quantitative estimate of drug-likeness (QED) is 0.462. The van der Waals surface area contributed by atoms with Crippen molar-refractivity contribution in [1.82, 2.24) is 0 Å². The number of allylic oxidation sites excluding steroid dienone is 3. The molecule has 1 heterocycles. The second-order valence-corrected chi connectivity index (χ2v) is 6.35. The first-order valence-electron chi connectivity index (χ1n) is 9.35. The molecule has 0 bridgehead atoms. The van der Waals surface area contributed by atoms with Crippen LogP contribution in [0, 0.1) is 0 Å². The van der Waals surface area contributed by atoms with Crippen LogP contribution in [0.3, 0.4) is 0 Å². The molecule has 1 atom stereocenters. The molecule has 2 nitrogen and oxygen atoms in total. The lowest BCUT2D eigenvalue weighted by atomic mass is 10.1. The Labute approximate surface area is 137 Å². The second kappa shape index (κ2) is 13.6. The van der Waals surface area contributed by atoms with E-state index in [1.807, 2.05) is 0 Å². The normalized spacial score (nSPS) is 25.3. The van der Waals surface area contributed by atoms with Gasteiger partial charge in [-0.25, -0.2) is 0 Å². The first kappa shape index (κ1) is 19.0. The molecule has 126 valence electrons. The fourth-order valence-corrected chi connectivity index (χ4v) is 2.80. The fraction of sp³-hybridized carbons (Fsp3) is 0.750. The Hall–Kier alpha value is -1.05. The summed E-state index contributed by atoms with van der Waals surface area (Å²) >= 11 is 0. The third-order valence-corrected chi connectivity index (χ3v) is 4.20. The number of hydrogen-bond donors (Lipinski definition) is 0. The maximum atomic E-state index is 11.9. The number of carbonyl (C=O) groups is 1. The minimum Gasteiger partial charge on any atom is -0.458 e.